The second-order valence-electron chi connectivity index (χ2n) is 6.61. The molecule has 0 aliphatic heterocycles. The number of aryl methyl sites for hydroxylation is 1. The molecule has 0 aliphatic rings. The van der Waals surface area contributed by atoms with Crippen molar-refractivity contribution in [3.63, 3.8) is 0 Å². The number of pyridine rings is 1. The van der Waals surface area contributed by atoms with E-state index in [4.69, 9.17) is 5.73 Å². The monoisotopic (exact) mass is 341 g/mol. The number of nitrogen functional groups attached to an aromatic ring is 1. The molecule has 0 amide bonds. The number of anilines is 1. The number of rotatable bonds is 5. The van der Waals surface area contributed by atoms with Crippen LogP contribution in [0.25, 0.3) is 22.0 Å². The van der Waals surface area contributed by atoms with Crippen molar-refractivity contribution in [3.8, 4) is 11.1 Å². The zero-order chi connectivity index (χ0) is 18.2. The molecule has 25 heavy (non-hydrogen) atoms. The molecule has 0 spiro atoms. The van der Waals surface area contributed by atoms with Crippen LogP contribution in [0.15, 0.2) is 36.7 Å². The van der Waals surface area contributed by atoms with Gasteiger partial charge in [-0.25, -0.2) is 4.98 Å². The normalized spacial score (nSPS) is 11.8. The number of fused-ring (bicyclic) bond motifs is 1. The first-order valence-corrected chi connectivity index (χ1v) is 7.83. The zero-order valence-corrected chi connectivity index (χ0v) is 14.0. The Bertz CT molecular complexity index is 943. The summed E-state index contributed by atoms with van der Waals surface area (Å²) in [4.78, 5) is 15.0. The Balaban J connectivity index is 2.07. The van der Waals surface area contributed by atoms with Crippen molar-refractivity contribution >= 4 is 22.4 Å². The van der Waals surface area contributed by atoms with Crippen LogP contribution >= 0.6 is 0 Å². The number of nitro benzene ring substituents is 1. The third-order valence-electron chi connectivity index (χ3n) is 3.91. The number of hydrogen-bond acceptors (Lipinski definition) is 6. The molecule has 0 saturated heterocycles. The van der Waals surface area contributed by atoms with Crippen LogP contribution < -0.4 is 5.73 Å². The van der Waals surface area contributed by atoms with Gasteiger partial charge in [0.25, 0.3) is 5.69 Å². The SMILES string of the molecule is CC(C)(O)CCn1cc2cc([N+](=O)[O-])c(-c3ccnc(N)c3)cc2n1. The highest BCUT2D eigenvalue weighted by Crippen LogP contribution is 2.34. The van der Waals surface area contributed by atoms with Crippen molar-refractivity contribution in [1.29, 1.82) is 0 Å². The van der Waals surface area contributed by atoms with Gasteiger partial charge in [-0.05, 0) is 44.0 Å². The van der Waals surface area contributed by atoms with E-state index < -0.39 is 10.5 Å². The van der Waals surface area contributed by atoms with Gasteiger partial charge in [0.05, 0.1) is 21.6 Å². The van der Waals surface area contributed by atoms with Crippen LogP contribution in [0.2, 0.25) is 0 Å². The minimum atomic E-state index is -0.802. The Labute approximate surface area is 144 Å². The number of hydrogen-bond donors (Lipinski definition) is 2. The van der Waals surface area contributed by atoms with Crippen molar-refractivity contribution < 1.29 is 10.0 Å². The highest BCUT2D eigenvalue weighted by molar-refractivity contribution is 5.90. The highest BCUT2D eigenvalue weighted by Gasteiger charge is 2.19. The van der Waals surface area contributed by atoms with Crippen LogP contribution in [0.4, 0.5) is 11.5 Å². The van der Waals surface area contributed by atoms with Gasteiger partial charge in [0.15, 0.2) is 0 Å². The molecule has 3 aromatic rings. The van der Waals surface area contributed by atoms with E-state index in [0.29, 0.717) is 40.8 Å². The van der Waals surface area contributed by atoms with Crippen LogP contribution in [0.3, 0.4) is 0 Å². The van der Waals surface area contributed by atoms with Crippen LogP contribution in [-0.2, 0) is 6.54 Å². The molecule has 1 aromatic carbocycles. The predicted molar refractivity (Wildman–Crippen MR) is 94.9 cm³/mol. The maximum atomic E-state index is 11.5. The summed E-state index contributed by atoms with van der Waals surface area (Å²) >= 11 is 0. The van der Waals surface area contributed by atoms with Crippen LogP contribution in [-0.4, -0.2) is 30.4 Å². The lowest BCUT2D eigenvalue weighted by Crippen LogP contribution is -2.21. The zero-order valence-electron chi connectivity index (χ0n) is 14.0. The Morgan fingerprint density at radius 3 is 2.76 bits per heavy atom. The molecule has 0 saturated carbocycles. The maximum Gasteiger partial charge on any atom is 0.278 e. The number of aliphatic hydroxyl groups is 1. The summed E-state index contributed by atoms with van der Waals surface area (Å²) in [5, 5.41) is 26.5. The molecule has 2 heterocycles. The van der Waals surface area contributed by atoms with E-state index >= 15 is 0 Å². The Hall–Kier alpha value is -3.00. The minimum Gasteiger partial charge on any atom is -0.390 e. The molecule has 0 unspecified atom stereocenters. The second kappa shape index (κ2) is 6.14. The first kappa shape index (κ1) is 16.8. The fraction of sp³-hybridized carbons (Fsp3) is 0.294. The van der Waals surface area contributed by atoms with Gasteiger partial charge in [-0.15, -0.1) is 0 Å². The molecule has 0 atom stereocenters. The van der Waals surface area contributed by atoms with Crippen molar-refractivity contribution in [2.75, 3.05) is 5.73 Å². The highest BCUT2D eigenvalue weighted by atomic mass is 16.6. The fourth-order valence-corrected chi connectivity index (χ4v) is 2.61. The molecule has 0 radical (unpaired) electrons. The first-order chi connectivity index (χ1) is 11.7. The second-order valence-corrected chi connectivity index (χ2v) is 6.61. The number of nitrogens with two attached hydrogens (primary N) is 1. The number of benzene rings is 1. The van der Waals surface area contributed by atoms with E-state index in [9.17, 15) is 15.2 Å². The Morgan fingerprint density at radius 2 is 2.12 bits per heavy atom. The number of aromatic nitrogens is 3. The summed E-state index contributed by atoms with van der Waals surface area (Å²) < 4.78 is 1.69. The van der Waals surface area contributed by atoms with Gasteiger partial charge in [0.1, 0.15) is 5.82 Å². The maximum absolute atomic E-state index is 11.5. The van der Waals surface area contributed by atoms with E-state index in [2.05, 4.69) is 10.1 Å². The largest absolute Gasteiger partial charge is 0.390 e. The topological polar surface area (TPSA) is 120 Å². The quantitative estimate of drug-likeness (QED) is 0.544. The van der Waals surface area contributed by atoms with Crippen LogP contribution in [0.1, 0.15) is 20.3 Å². The van der Waals surface area contributed by atoms with Gasteiger partial charge in [0.2, 0.25) is 0 Å². The van der Waals surface area contributed by atoms with Gasteiger partial charge < -0.3 is 10.8 Å². The first-order valence-electron chi connectivity index (χ1n) is 7.83. The lowest BCUT2D eigenvalue weighted by Gasteiger charge is -2.16. The molecular weight excluding hydrogens is 322 g/mol. The van der Waals surface area contributed by atoms with Crippen molar-refractivity contribution in [3.05, 3.63) is 46.8 Å². The summed E-state index contributed by atoms with van der Waals surface area (Å²) in [6.45, 7) is 3.98. The summed E-state index contributed by atoms with van der Waals surface area (Å²) in [6, 6.07) is 6.47. The van der Waals surface area contributed by atoms with Crippen LogP contribution in [0.5, 0.6) is 0 Å². The average Bonchev–Trinajstić information content (AvgIpc) is 2.93. The molecule has 3 N–H and O–H groups in total. The molecule has 3 rings (SSSR count). The summed E-state index contributed by atoms with van der Waals surface area (Å²) in [5.74, 6) is 0.294. The lowest BCUT2D eigenvalue weighted by molar-refractivity contribution is -0.384. The fourth-order valence-electron chi connectivity index (χ4n) is 2.61. The van der Waals surface area contributed by atoms with Crippen molar-refractivity contribution in [2.45, 2.75) is 32.4 Å². The van der Waals surface area contributed by atoms with Gasteiger partial charge >= 0.3 is 0 Å². The predicted octanol–water partition coefficient (Wildman–Crippen LogP) is 2.75. The third-order valence-corrected chi connectivity index (χ3v) is 3.91. The third kappa shape index (κ3) is 3.74. The van der Waals surface area contributed by atoms with E-state index in [1.54, 1.807) is 42.9 Å². The van der Waals surface area contributed by atoms with Gasteiger partial charge in [-0.1, -0.05) is 0 Å². The minimum absolute atomic E-state index is 0.0138. The molecule has 0 fully saturated rings. The van der Waals surface area contributed by atoms with E-state index in [0.717, 1.165) is 0 Å². The molecule has 130 valence electrons. The summed E-state index contributed by atoms with van der Waals surface area (Å²) in [5.41, 5.74) is 6.59. The van der Waals surface area contributed by atoms with Gasteiger partial charge in [-0.2, -0.15) is 5.10 Å². The molecule has 8 nitrogen and oxygen atoms in total. The van der Waals surface area contributed by atoms with E-state index in [-0.39, 0.29) is 5.69 Å². The average molecular weight is 341 g/mol. The van der Waals surface area contributed by atoms with Gasteiger partial charge in [-0.3, -0.25) is 14.8 Å². The van der Waals surface area contributed by atoms with E-state index in [1.165, 1.54) is 12.3 Å². The Kier molecular flexibility index (Phi) is 4.13. The Morgan fingerprint density at radius 1 is 1.36 bits per heavy atom. The summed E-state index contributed by atoms with van der Waals surface area (Å²) in [7, 11) is 0. The lowest BCUT2D eigenvalue weighted by atomic mass is 10.0. The molecule has 0 bridgehead atoms. The molecule has 8 heteroatoms. The summed E-state index contributed by atoms with van der Waals surface area (Å²) in [6.07, 6.45) is 3.79. The standard InChI is InChI=1S/C17H19N5O3/c1-17(2,23)4-6-21-10-12-7-15(22(24)25)13(9-14(12)20-21)11-3-5-19-16(18)8-11/h3,5,7-10,23H,4,6H2,1-2H3,(H2,18,19). The smallest absolute Gasteiger partial charge is 0.278 e. The van der Waals surface area contributed by atoms with Crippen molar-refractivity contribution in [2.24, 2.45) is 0 Å². The van der Waals surface area contributed by atoms with E-state index in [1.807, 2.05) is 0 Å². The number of nitro groups is 1. The molecule has 2 aromatic heterocycles. The van der Waals surface area contributed by atoms with Crippen molar-refractivity contribution in [1.82, 2.24) is 14.8 Å². The molecular formula is C17H19N5O3. The van der Waals surface area contributed by atoms with Crippen LogP contribution in [0, 0.1) is 10.1 Å². The number of nitrogens with zero attached hydrogens (tertiary/aromatic N) is 4. The van der Waals surface area contributed by atoms with Gasteiger partial charge in [0, 0.05) is 30.4 Å². The molecule has 0 aliphatic carbocycles.